The zero-order chi connectivity index (χ0) is 14.7. The van der Waals surface area contributed by atoms with Gasteiger partial charge >= 0.3 is 0 Å². The highest BCUT2D eigenvalue weighted by atomic mass is 16.5. The Morgan fingerprint density at radius 1 is 1.14 bits per heavy atom. The van der Waals surface area contributed by atoms with E-state index in [4.69, 9.17) is 10.5 Å². The molecule has 3 heteroatoms. The summed E-state index contributed by atoms with van der Waals surface area (Å²) in [5.41, 5.74) is 9.61. The molecule has 0 amide bonds. The molecule has 2 aromatic carbocycles. The van der Waals surface area contributed by atoms with Crippen molar-refractivity contribution in [2.24, 2.45) is 5.73 Å². The zero-order valence-electron chi connectivity index (χ0n) is 12.5. The van der Waals surface area contributed by atoms with Crippen LogP contribution in [0.1, 0.15) is 12.0 Å². The molecular weight excluding hydrogens is 260 g/mol. The highest BCUT2D eigenvalue weighted by Crippen LogP contribution is 2.28. The lowest BCUT2D eigenvalue weighted by molar-refractivity contribution is 0.317. The van der Waals surface area contributed by atoms with Gasteiger partial charge in [-0.15, -0.1) is 0 Å². The van der Waals surface area contributed by atoms with Gasteiger partial charge in [0.05, 0.1) is 7.11 Å². The lowest BCUT2D eigenvalue weighted by Crippen LogP contribution is -2.26. The molecule has 2 aromatic rings. The minimum absolute atomic E-state index is 0.319. The number of likely N-dealkylation sites (tertiary alicyclic amines) is 1. The number of rotatable bonds is 4. The summed E-state index contributed by atoms with van der Waals surface area (Å²) in [6.45, 7) is 2.96. The first-order chi connectivity index (χ1) is 10.3. The van der Waals surface area contributed by atoms with Crippen molar-refractivity contribution in [1.29, 1.82) is 0 Å². The summed E-state index contributed by atoms with van der Waals surface area (Å²) in [6, 6.07) is 17.2. The minimum atomic E-state index is 0.319. The van der Waals surface area contributed by atoms with Crippen LogP contribution >= 0.6 is 0 Å². The van der Waals surface area contributed by atoms with Crippen molar-refractivity contribution >= 4 is 0 Å². The first-order valence-corrected chi connectivity index (χ1v) is 7.46. The lowest BCUT2D eigenvalue weighted by Gasteiger charge is -2.18. The summed E-state index contributed by atoms with van der Waals surface area (Å²) < 4.78 is 5.59. The topological polar surface area (TPSA) is 38.5 Å². The monoisotopic (exact) mass is 282 g/mol. The Bertz CT molecular complexity index is 597. The molecule has 3 rings (SSSR count). The average molecular weight is 282 g/mol. The molecule has 1 atom stereocenters. The third-order valence-electron chi connectivity index (χ3n) is 4.10. The summed E-state index contributed by atoms with van der Waals surface area (Å²) in [5, 5.41) is 0. The summed E-state index contributed by atoms with van der Waals surface area (Å²) in [6.07, 6.45) is 1.09. The molecule has 3 nitrogen and oxygen atoms in total. The Balaban J connectivity index is 1.82. The number of benzene rings is 2. The second-order valence-corrected chi connectivity index (χ2v) is 5.68. The van der Waals surface area contributed by atoms with E-state index < -0.39 is 0 Å². The molecule has 0 bridgehead atoms. The van der Waals surface area contributed by atoms with Crippen molar-refractivity contribution in [2.45, 2.75) is 19.0 Å². The number of ether oxygens (including phenoxy) is 1. The molecule has 1 saturated heterocycles. The molecule has 1 aliphatic heterocycles. The maximum Gasteiger partial charge on any atom is 0.123 e. The van der Waals surface area contributed by atoms with Crippen LogP contribution in [0.15, 0.2) is 48.5 Å². The molecule has 2 N–H and O–H groups in total. The van der Waals surface area contributed by atoms with Gasteiger partial charge in [-0.1, -0.05) is 42.5 Å². The van der Waals surface area contributed by atoms with Crippen LogP contribution in [-0.2, 0) is 6.54 Å². The van der Waals surface area contributed by atoms with Crippen molar-refractivity contribution in [3.8, 4) is 16.9 Å². The van der Waals surface area contributed by atoms with E-state index in [0.717, 1.165) is 31.8 Å². The predicted octanol–water partition coefficient (Wildman–Crippen LogP) is 2.90. The average Bonchev–Trinajstić information content (AvgIpc) is 2.94. The zero-order valence-corrected chi connectivity index (χ0v) is 12.5. The van der Waals surface area contributed by atoms with Crippen LogP contribution in [0.2, 0.25) is 0 Å². The Kier molecular flexibility index (Phi) is 4.23. The number of hydrogen-bond donors (Lipinski definition) is 1. The molecule has 0 radical (unpaired) electrons. The van der Waals surface area contributed by atoms with Crippen molar-refractivity contribution in [2.75, 3.05) is 20.2 Å². The largest absolute Gasteiger partial charge is 0.496 e. The molecule has 0 saturated carbocycles. The summed E-state index contributed by atoms with van der Waals surface area (Å²) in [4.78, 5) is 2.39. The molecule has 1 heterocycles. The van der Waals surface area contributed by atoms with E-state index in [0.29, 0.717) is 6.04 Å². The van der Waals surface area contributed by atoms with Gasteiger partial charge in [-0.05, 0) is 23.6 Å². The fourth-order valence-corrected chi connectivity index (χ4v) is 2.93. The van der Waals surface area contributed by atoms with Gasteiger partial charge in [0.25, 0.3) is 0 Å². The van der Waals surface area contributed by atoms with Crippen molar-refractivity contribution in [3.63, 3.8) is 0 Å². The second-order valence-electron chi connectivity index (χ2n) is 5.68. The summed E-state index contributed by atoms with van der Waals surface area (Å²) in [7, 11) is 1.74. The molecule has 0 aliphatic carbocycles. The number of hydrogen-bond acceptors (Lipinski definition) is 3. The highest BCUT2D eigenvalue weighted by Gasteiger charge is 2.20. The molecule has 110 valence electrons. The van der Waals surface area contributed by atoms with E-state index in [1.54, 1.807) is 7.11 Å². The number of methoxy groups -OCH3 is 1. The van der Waals surface area contributed by atoms with Crippen LogP contribution in [-0.4, -0.2) is 31.1 Å². The van der Waals surface area contributed by atoms with Gasteiger partial charge in [0.15, 0.2) is 0 Å². The van der Waals surface area contributed by atoms with Crippen LogP contribution < -0.4 is 10.5 Å². The molecule has 1 unspecified atom stereocenters. The first kappa shape index (κ1) is 14.1. The van der Waals surface area contributed by atoms with E-state index in [-0.39, 0.29) is 0 Å². The van der Waals surface area contributed by atoms with Crippen LogP contribution in [0.5, 0.6) is 5.75 Å². The van der Waals surface area contributed by atoms with Crippen LogP contribution in [0.4, 0.5) is 0 Å². The third kappa shape index (κ3) is 3.26. The molecule has 0 aromatic heterocycles. The number of nitrogens with zero attached hydrogens (tertiary/aromatic N) is 1. The first-order valence-electron chi connectivity index (χ1n) is 7.46. The summed E-state index contributed by atoms with van der Waals surface area (Å²) in [5.74, 6) is 0.955. The van der Waals surface area contributed by atoms with Gasteiger partial charge in [0, 0.05) is 31.2 Å². The van der Waals surface area contributed by atoms with Gasteiger partial charge in [-0.25, -0.2) is 0 Å². The molecule has 0 spiro atoms. The Morgan fingerprint density at radius 3 is 2.62 bits per heavy atom. The van der Waals surface area contributed by atoms with Gasteiger partial charge in [0.2, 0.25) is 0 Å². The second kappa shape index (κ2) is 6.29. The van der Waals surface area contributed by atoms with Gasteiger partial charge in [-0.3, -0.25) is 4.90 Å². The van der Waals surface area contributed by atoms with Gasteiger partial charge in [-0.2, -0.15) is 0 Å². The maximum absolute atomic E-state index is 5.98. The Hall–Kier alpha value is -1.84. The molecule has 1 fully saturated rings. The standard InChI is InChI=1S/C18H22N2O/c1-21-18-11-15(14-5-3-2-4-6-14)7-8-16(18)12-20-10-9-17(19)13-20/h2-8,11,17H,9-10,12-13,19H2,1H3. The van der Waals surface area contributed by atoms with E-state index in [9.17, 15) is 0 Å². The SMILES string of the molecule is COc1cc(-c2ccccc2)ccc1CN1CCC(N)C1. The highest BCUT2D eigenvalue weighted by molar-refractivity contribution is 5.66. The fourth-order valence-electron chi connectivity index (χ4n) is 2.93. The molecule has 1 aliphatic rings. The van der Waals surface area contributed by atoms with E-state index in [2.05, 4.69) is 47.4 Å². The van der Waals surface area contributed by atoms with E-state index >= 15 is 0 Å². The minimum Gasteiger partial charge on any atom is -0.496 e. The van der Waals surface area contributed by atoms with Crippen LogP contribution in [0.25, 0.3) is 11.1 Å². The molecular formula is C18H22N2O. The summed E-state index contributed by atoms with van der Waals surface area (Å²) >= 11 is 0. The Morgan fingerprint density at radius 2 is 1.95 bits per heavy atom. The van der Waals surface area contributed by atoms with Gasteiger partial charge < -0.3 is 10.5 Å². The van der Waals surface area contributed by atoms with Gasteiger partial charge in [0.1, 0.15) is 5.75 Å². The predicted molar refractivity (Wildman–Crippen MR) is 86.3 cm³/mol. The van der Waals surface area contributed by atoms with Crippen LogP contribution in [0, 0.1) is 0 Å². The number of nitrogens with two attached hydrogens (primary N) is 1. The van der Waals surface area contributed by atoms with Crippen molar-refractivity contribution < 1.29 is 4.74 Å². The van der Waals surface area contributed by atoms with E-state index in [1.807, 2.05) is 6.07 Å². The normalized spacial score (nSPS) is 18.9. The fraction of sp³-hybridized carbons (Fsp3) is 0.333. The van der Waals surface area contributed by atoms with Crippen molar-refractivity contribution in [1.82, 2.24) is 4.90 Å². The maximum atomic E-state index is 5.98. The molecule has 21 heavy (non-hydrogen) atoms. The van der Waals surface area contributed by atoms with Crippen molar-refractivity contribution in [3.05, 3.63) is 54.1 Å². The Labute approximate surface area is 126 Å². The smallest absolute Gasteiger partial charge is 0.123 e. The lowest BCUT2D eigenvalue weighted by atomic mass is 10.0. The quantitative estimate of drug-likeness (QED) is 0.937. The third-order valence-corrected chi connectivity index (χ3v) is 4.10. The van der Waals surface area contributed by atoms with E-state index in [1.165, 1.54) is 16.7 Å². The van der Waals surface area contributed by atoms with Crippen LogP contribution in [0.3, 0.4) is 0 Å².